The third kappa shape index (κ3) is 1.87. The first kappa shape index (κ1) is 14.0. The topological polar surface area (TPSA) is 107 Å². The fourth-order valence-electron chi connectivity index (χ4n) is 4.66. The van der Waals surface area contributed by atoms with Crippen LogP contribution in [0.4, 0.5) is 11.4 Å². The lowest BCUT2D eigenvalue weighted by Gasteiger charge is -2.51. The van der Waals surface area contributed by atoms with Crippen LogP contribution in [0.2, 0.25) is 0 Å². The zero-order chi connectivity index (χ0) is 15.6. The van der Waals surface area contributed by atoms with Gasteiger partial charge in [-0.05, 0) is 49.1 Å². The maximum Gasteiger partial charge on any atom is 0.293 e. The summed E-state index contributed by atoms with van der Waals surface area (Å²) in [4.78, 5) is 12.7. The summed E-state index contributed by atoms with van der Waals surface area (Å²) in [7, 11) is -3.94. The minimum Gasteiger partial charge on any atom is -0.362 e. The summed E-state index contributed by atoms with van der Waals surface area (Å²) in [5.41, 5.74) is 0.346. The van der Waals surface area contributed by atoms with Gasteiger partial charge in [0.25, 0.3) is 5.69 Å². The Balaban J connectivity index is 1.72. The highest BCUT2D eigenvalue weighted by Gasteiger charge is 2.57. The molecule has 2 N–H and O–H groups in total. The molecule has 4 rings (SSSR count). The molecule has 3 aliphatic rings. The molecule has 2 bridgehead atoms. The summed E-state index contributed by atoms with van der Waals surface area (Å²) in [6, 6.07) is 4.35. The molecule has 1 saturated heterocycles. The summed E-state index contributed by atoms with van der Waals surface area (Å²) < 4.78 is 22.8. The normalized spacial score (nSPS) is 32.7. The van der Waals surface area contributed by atoms with Crippen molar-refractivity contribution >= 4 is 21.4 Å². The molecule has 1 aromatic rings. The molecule has 0 radical (unpaired) electrons. The lowest BCUT2D eigenvalue weighted by Crippen LogP contribution is -2.59. The van der Waals surface area contributed by atoms with E-state index in [1.165, 1.54) is 31.4 Å². The van der Waals surface area contributed by atoms with E-state index in [4.69, 9.17) is 5.14 Å². The molecule has 4 atom stereocenters. The second-order valence-corrected chi connectivity index (χ2v) is 8.15. The van der Waals surface area contributed by atoms with Gasteiger partial charge in [-0.15, -0.1) is 0 Å². The summed E-state index contributed by atoms with van der Waals surface area (Å²) >= 11 is 0. The van der Waals surface area contributed by atoms with Gasteiger partial charge >= 0.3 is 0 Å². The van der Waals surface area contributed by atoms with Gasteiger partial charge < -0.3 is 4.90 Å². The summed E-state index contributed by atoms with van der Waals surface area (Å²) in [5, 5.41) is 16.4. The Kier molecular flexibility index (Phi) is 2.80. The number of nitrogens with two attached hydrogens (primary N) is 1. The van der Waals surface area contributed by atoms with Crippen LogP contribution in [0.25, 0.3) is 0 Å². The molecule has 0 aromatic heterocycles. The Morgan fingerprint density at radius 1 is 1.27 bits per heavy atom. The monoisotopic (exact) mass is 323 g/mol. The Hall–Kier alpha value is -1.67. The zero-order valence-electron chi connectivity index (χ0n) is 11.9. The number of fused-ring (bicyclic) bond motifs is 5. The van der Waals surface area contributed by atoms with Gasteiger partial charge in [0.15, 0.2) is 0 Å². The first-order chi connectivity index (χ1) is 10.4. The fourth-order valence-corrected chi connectivity index (χ4v) is 5.20. The number of sulfonamides is 1. The quantitative estimate of drug-likeness (QED) is 0.669. The van der Waals surface area contributed by atoms with E-state index in [2.05, 4.69) is 4.90 Å². The highest BCUT2D eigenvalue weighted by molar-refractivity contribution is 7.89. The Morgan fingerprint density at radius 2 is 2.00 bits per heavy atom. The first-order valence-electron chi connectivity index (χ1n) is 7.44. The van der Waals surface area contributed by atoms with Crippen molar-refractivity contribution in [2.24, 2.45) is 22.9 Å². The van der Waals surface area contributed by atoms with Crippen LogP contribution in [0.5, 0.6) is 0 Å². The Bertz CT molecular complexity index is 761. The second-order valence-electron chi connectivity index (χ2n) is 6.59. The highest BCUT2D eigenvalue weighted by Crippen LogP contribution is 2.57. The average Bonchev–Trinajstić information content (AvgIpc) is 2.94. The summed E-state index contributed by atoms with van der Waals surface area (Å²) in [5.74, 6) is 2.05. The van der Waals surface area contributed by atoms with Gasteiger partial charge in [-0.3, -0.25) is 10.1 Å². The van der Waals surface area contributed by atoms with Crippen LogP contribution in [-0.4, -0.2) is 25.9 Å². The van der Waals surface area contributed by atoms with Crippen LogP contribution < -0.4 is 10.0 Å². The fraction of sp³-hybridized carbons (Fsp3) is 0.571. The summed E-state index contributed by atoms with van der Waals surface area (Å²) in [6.07, 6.45) is 3.71. The molecule has 1 aliphatic heterocycles. The number of primary sulfonamides is 1. The van der Waals surface area contributed by atoms with E-state index in [9.17, 15) is 18.5 Å². The number of nitro benzene ring substituents is 1. The van der Waals surface area contributed by atoms with Gasteiger partial charge in [-0.1, -0.05) is 0 Å². The van der Waals surface area contributed by atoms with E-state index in [0.717, 1.165) is 18.5 Å². The van der Waals surface area contributed by atoms with Crippen LogP contribution >= 0.6 is 0 Å². The van der Waals surface area contributed by atoms with Crippen molar-refractivity contribution in [1.82, 2.24) is 0 Å². The van der Waals surface area contributed by atoms with E-state index in [-0.39, 0.29) is 10.6 Å². The molecular weight excluding hydrogens is 306 g/mol. The van der Waals surface area contributed by atoms with E-state index in [1.54, 1.807) is 0 Å². The molecule has 0 spiro atoms. The highest BCUT2D eigenvalue weighted by atomic mass is 32.2. The number of rotatable bonds is 3. The van der Waals surface area contributed by atoms with Crippen molar-refractivity contribution in [3.63, 3.8) is 0 Å². The molecule has 0 unspecified atom stereocenters. The van der Waals surface area contributed by atoms with Gasteiger partial charge in [0.1, 0.15) is 5.69 Å². The first-order valence-corrected chi connectivity index (χ1v) is 8.99. The van der Waals surface area contributed by atoms with Gasteiger partial charge in [0, 0.05) is 18.7 Å². The van der Waals surface area contributed by atoms with Crippen molar-refractivity contribution in [2.45, 2.75) is 30.2 Å². The molecule has 118 valence electrons. The third-order valence-electron chi connectivity index (χ3n) is 5.59. The van der Waals surface area contributed by atoms with E-state index in [0.29, 0.717) is 23.6 Å². The zero-order valence-corrected chi connectivity index (χ0v) is 12.7. The number of nitrogens with zero attached hydrogens (tertiary/aromatic N) is 2. The maximum atomic E-state index is 11.4. The average molecular weight is 323 g/mol. The van der Waals surface area contributed by atoms with Crippen LogP contribution in [0.3, 0.4) is 0 Å². The number of anilines is 1. The molecule has 7 nitrogen and oxygen atoms in total. The van der Waals surface area contributed by atoms with Crippen molar-refractivity contribution in [3.8, 4) is 0 Å². The van der Waals surface area contributed by atoms with E-state index < -0.39 is 14.9 Å². The number of nitro groups is 1. The van der Waals surface area contributed by atoms with E-state index in [1.807, 2.05) is 0 Å². The van der Waals surface area contributed by atoms with Crippen molar-refractivity contribution in [2.75, 3.05) is 11.4 Å². The SMILES string of the molecule is NS(=O)(=O)c1ccc(N2C[C@@H]3[C@H]4CC[C@@H](C4)[C@H]32)c([N+](=O)[O-])c1. The number of benzene rings is 1. The van der Waals surface area contributed by atoms with Gasteiger partial charge in [-0.2, -0.15) is 0 Å². The largest absolute Gasteiger partial charge is 0.362 e. The molecule has 22 heavy (non-hydrogen) atoms. The Morgan fingerprint density at radius 3 is 2.64 bits per heavy atom. The van der Waals surface area contributed by atoms with Gasteiger partial charge in [0.05, 0.1) is 9.82 Å². The number of hydrogen-bond donors (Lipinski definition) is 1. The van der Waals surface area contributed by atoms with Crippen molar-refractivity contribution in [1.29, 1.82) is 0 Å². The predicted octanol–water partition coefficient (Wildman–Crippen LogP) is 1.48. The third-order valence-corrected chi connectivity index (χ3v) is 6.50. The van der Waals surface area contributed by atoms with Crippen molar-refractivity contribution in [3.05, 3.63) is 28.3 Å². The predicted molar refractivity (Wildman–Crippen MR) is 79.9 cm³/mol. The molecule has 2 aliphatic carbocycles. The molecule has 1 aromatic carbocycles. The van der Waals surface area contributed by atoms with E-state index >= 15 is 0 Å². The minimum absolute atomic E-state index is 0.173. The smallest absolute Gasteiger partial charge is 0.293 e. The van der Waals surface area contributed by atoms with Crippen LogP contribution in [0.1, 0.15) is 19.3 Å². The standard InChI is InChI=1S/C14H17N3O4S/c15-22(20,21)10-3-4-12(13(6-10)17(18)19)16-7-11-8-1-2-9(5-8)14(11)16/h3-4,6,8-9,11,14H,1-2,5,7H2,(H2,15,20,21)/t8-,9-,11+,14+/m0/s1. The lowest BCUT2D eigenvalue weighted by molar-refractivity contribution is -0.384. The molecule has 8 heteroatoms. The lowest BCUT2D eigenvalue weighted by atomic mass is 9.76. The Labute approximate surface area is 128 Å². The van der Waals surface area contributed by atoms with Crippen LogP contribution in [-0.2, 0) is 10.0 Å². The summed E-state index contributed by atoms with van der Waals surface area (Å²) in [6.45, 7) is 0.835. The molecule has 1 heterocycles. The number of hydrogen-bond acceptors (Lipinski definition) is 5. The minimum atomic E-state index is -3.94. The molecule has 0 amide bonds. The molecule has 2 saturated carbocycles. The second kappa shape index (κ2) is 4.42. The van der Waals surface area contributed by atoms with Gasteiger partial charge in [-0.25, -0.2) is 13.6 Å². The van der Waals surface area contributed by atoms with Crippen LogP contribution in [0.15, 0.2) is 23.1 Å². The van der Waals surface area contributed by atoms with Crippen LogP contribution in [0, 0.1) is 27.9 Å². The molecular formula is C14H17N3O4S. The van der Waals surface area contributed by atoms with Gasteiger partial charge in [0.2, 0.25) is 10.0 Å². The molecule has 3 fully saturated rings. The van der Waals surface area contributed by atoms with Crippen molar-refractivity contribution < 1.29 is 13.3 Å². The maximum absolute atomic E-state index is 11.4.